The number of hydrogen-bond acceptors (Lipinski definition) is 3. The summed E-state index contributed by atoms with van der Waals surface area (Å²) in [4.78, 5) is 20.0. The van der Waals surface area contributed by atoms with Crippen LogP contribution < -0.4 is 0 Å². The number of likely N-dealkylation sites (tertiary alicyclic amines) is 1. The van der Waals surface area contributed by atoms with Crippen LogP contribution in [0.3, 0.4) is 0 Å². The molecule has 4 nitrogen and oxygen atoms in total. The Balaban J connectivity index is 1.65. The van der Waals surface area contributed by atoms with E-state index >= 15 is 0 Å². The second-order valence-corrected chi connectivity index (χ2v) is 7.56. The first-order valence-electron chi connectivity index (χ1n) is 9.38. The Kier molecular flexibility index (Phi) is 4.24. The van der Waals surface area contributed by atoms with E-state index in [1.165, 1.54) is 0 Å². The Hall–Kier alpha value is -1.94. The van der Waals surface area contributed by atoms with Crippen LogP contribution in [-0.4, -0.2) is 41.1 Å². The summed E-state index contributed by atoms with van der Waals surface area (Å²) in [6, 6.07) is 8.02. The van der Waals surface area contributed by atoms with Crippen LogP contribution in [-0.2, 0) is 4.74 Å². The van der Waals surface area contributed by atoms with E-state index in [0.717, 1.165) is 79.5 Å². The van der Waals surface area contributed by atoms with Gasteiger partial charge in [0, 0.05) is 30.8 Å². The Labute approximate surface area is 149 Å². The first-order valence-corrected chi connectivity index (χ1v) is 9.38. The second-order valence-electron chi connectivity index (χ2n) is 7.56. The smallest absolute Gasteiger partial charge is 0.254 e. The zero-order valence-corrected chi connectivity index (χ0v) is 15.2. The number of fused-ring (bicyclic) bond motifs is 1. The van der Waals surface area contributed by atoms with E-state index in [-0.39, 0.29) is 11.5 Å². The van der Waals surface area contributed by atoms with Crippen molar-refractivity contribution < 1.29 is 9.53 Å². The number of aromatic nitrogens is 1. The number of para-hydroxylation sites is 1. The minimum Gasteiger partial charge on any atom is -0.375 e. The van der Waals surface area contributed by atoms with Crippen LogP contribution in [0.15, 0.2) is 24.3 Å². The molecule has 4 heteroatoms. The van der Waals surface area contributed by atoms with Crippen LogP contribution in [0.2, 0.25) is 0 Å². The molecule has 0 N–H and O–H groups in total. The zero-order chi connectivity index (χ0) is 17.4. The van der Waals surface area contributed by atoms with Gasteiger partial charge in [0.1, 0.15) is 0 Å². The predicted octanol–water partition coefficient (Wildman–Crippen LogP) is 4.03. The summed E-state index contributed by atoms with van der Waals surface area (Å²) >= 11 is 0. The molecule has 2 fully saturated rings. The van der Waals surface area contributed by atoms with Crippen molar-refractivity contribution >= 4 is 16.8 Å². The second kappa shape index (κ2) is 6.41. The van der Waals surface area contributed by atoms with Gasteiger partial charge in [0.2, 0.25) is 0 Å². The fourth-order valence-electron chi connectivity index (χ4n) is 4.39. The summed E-state index contributed by atoms with van der Waals surface area (Å²) in [5.74, 6) is 0.135. The van der Waals surface area contributed by atoms with Crippen LogP contribution in [0.25, 0.3) is 10.9 Å². The molecule has 2 aromatic rings. The van der Waals surface area contributed by atoms with Crippen molar-refractivity contribution in [2.24, 2.45) is 0 Å². The van der Waals surface area contributed by atoms with E-state index in [2.05, 4.69) is 18.0 Å². The maximum absolute atomic E-state index is 13.3. The third kappa shape index (κ3) is 3.04. The van der Waals surface area contributed by atoms with Gasteiger partial charge in [-0.05, 0) is 57.6 Å². The van der Waals surface area contributed by atoms with Crippen molar-refractivity contribution in [1.29, 1.82) is 0 Å². The van der Waals surface area contributed by atoms with Crippen molar-refractivity contribution in [3.8, 4) is 0 Å². The number of nitrogens with zero attached hydrogens (tertiary/aromatic N) is 2. The monoisotopic (exact) mass is 338 g/mol. The quantitative estimate of drug-likeness (QED) is 0.788. The van der Waals surface area contributed by atoms with Gasteiger partial charge in [-0.15, -0.1) is 0 Å². The number of ether oxygens (including phenoxy) is 1. The maximum atomic E-state index is 13.3. The van der Waals surface area contributed by atoms with Crippen molar-refractivity contribution in [2.75, 3.05) is 19.7 Å². The summed E-state index contributed by atoms with van der Waals surface area (Å²) in [5, 5.41) is 0.965. The molecule has 0 bridgehead atoms. The van der Waals surface area contributed by atoms with E-state index in [0.29, 0.717) is 0 Å². The number of carbonyl (C=O) groups excluding carboxylic acids is 1. The lowest BCUT2D eigenvalue weighted by Gasteiger charge is -2.27. The molecule has 3 heterocycles. The number of rotatable bonds is 1. The normalized spacial score (nSPS) is 24.0. The third-order valence-corrected chi connectivity index (χ3v) is 5.77. The van der Waals surface area contributed by atoms with Crippen molar-refractivity contribution in [3.05, 3.63) is 41.1 Å². The van der Waals surface area contributed by atoms with E-state index < -0.39 is 0 Å². The first-order chi connectivity index (χ1) is 12.1. The van der Waals surface area contributed by atoms with Gasteiger partial charge >= 0.3 is 0 Å². The molecule has 2 saturated heterocycles. The minimum absolute atomic E-state index is 0.0296. The van der Waals surface area contributed by atoms with Gasteiger partial charge in [-0.2, -0.15) is 0 Å². The van der Waals surface area contributed by atoms with E-state index in [4.69, 9.17) is 4.74 Å². The number of benzene rings is 1. The van der Waals surface area contributed by atoms with Crippen LogP contribution >= 0.6 is 0 Å². The summed E-state index contributed by atoms with van der Waals surface area (Å²) in [7, 11) is 0. The van der Waals surface area contributed by atoms with Crippen molar-refractivity contribution in [1.82, 2.24) is 9.88 Å². The molecule has 1 aromatic carbocycles. The molecule has 1 aromatic heterocycles. The van der Waals surface area contributed by atoms with Crippen LogP contribution in [0.5, 0.6) is 0 Å². The molecule has 132 valence electrons. The Bertz CT molecular complexity index is 809. The molecule has 2 aliphatic heterocycles. The van der Waals surface area contributed by atoms with Crippen LogP contribution in [0, 0.1) is 13.8 Å². The number of amides is 1. The molecule has 1 amide bonds. The molecular weight excluding hydrogens is 312 g/mol. The molecule has 0 radical (unpaired) electrons. The third-order valence-electron chi connectivity index (χ3n) is 5.77. The molecular formula is C21H26N2O2. The maximum Gasteiger partial charge on any atom is 0.254 e. The Morgan fingerprint density at radius 2 is 2.00 bits per heavy atom. The largest absolute Gasteiger partial charge is 0.375 e. The topological polar surface area (TPSA) is 42.4 Å². The standard InChI is InChI=1S/C21H26N2O2/c1-15-6-3-7-17-18(14-16(2)22-19(15)17)20(24)23-11-4-8-21(10-12-23)9-5-13-25-21/h3,6-7,14H,4-5,8-13H2,1-2H3/t21-/m1/s1. The molecule has 0 saturated carbocycles. The predicted molar refractivity (Wildman–Crippen MR) is 98.9 cm³/mol. The molecule has 1 spiro atoms. The number of pyridine rings is 1. The Morgan fingerprint density at radius 1 is 1.16 bits per heavy atom. The van der Waals surface area contributed by atoms with Crippen molar-refractivity contribution in [2.45, 2.75) is 51.6 Å². The summed E-state index contributed by atoms with van der Waals surface area (Å²) in [5.41, 5.74) is 3.77. The lowest BCUT2D eigenvalue weighted by atomic mass is 9.92. The lowest BCUT2D eigenvalue weighted by Crippen LogP contribution is -2.34. The highest BCUT2D eigenvalue weighted by Crippen LogP contribution is 2.36. The Morgan fingerprint density at radius 3 is 2.80 bits per heavy atom. The van der Waals surface area contributed by atoms with E-state index in [1.54, 1.807) is 0 Å². The van der Waals surface area contributed by atoms with Gasteiger partial charge in [-0.25, -0.2) is 0 Å². The molecule has 4 rings (SSSR count). The molecule has 0 unspecified atom stereocenters. The summed E-state index contributed by atoms with van der Waals surface area (Å²) in [6.07, 6.45) is 5.35. The molecule has 0 aliphatic carbocycles. The van der Waals surface area contributed by atoms with Gasteiger partial charge in [0.15, 0.2) is 0 Å². The van der Waals surface area contributed by atoms with Crippen LogP contribution in [0.4, 0.5) is 0 Å². The minimum atomic E-state index is 0.0296. The number of aryl methyl sites for hydroxylation is 2. The highest BCUT2D eigenvalue weighted by molar-refractivity contribution is 6.06. The fraction of sp³-hybridized carbons (Fsp3) is 0.524. The highest BCUT2D eigenvalue weighted by atomic mass is 16.5. The zero-order valence-electron chi connectivity index (χ0n) is 15.2. The average Bonchev–Trinajstić information content (AvgIpc) is 2.95. The lowest BCUT2D eigenvalue weighted by molar-refractivity contribution is -0.00691. The highest BCUT2D eigenvalue weighted by Gasteiger charge is 2.37. The van der Waals surface area contributed by atoms with Gasteiger partial charge < -0.3 is 9.64 Å². The molecule has 25 heavy (non-hydrogen) atoms. The van der Waals surface area contributed by atoms with Crippen molar-refractivity contribution in [3.63, 3.8) is 0 Å². The molecule has 2 aliphatic rings. The van der Waals surface area contributed by atoms with Crippen LogP contribution in [0.1, 0.15) is 53.7 Å². The SMILES string of the molecule is Cc1cc(C(=O)N2CCC[C@@]3(CCCO3)CC2)c2cccc(C)c2n1. The fourth-order valence-corrected chi connectivity index (χ4v) is 4.39. The van der Waals surface area contributed by atoms with Gasteiger partial charge in [0.05, 0.1) is 16.7 Å². The van der Waals surface area contributed by atoms with E-state index in [9.17, 15) is 4.79 Å². The number of hydrogen-bond donors (Lipinski definition) is 0. The van der Waals surface area contributed by atoms with Gasteiger partial charge in [-0.3, -0.25) is 9.78 Å². The number of carbonyl (C=O) groups is 1. The summed E-state index contributed by atoms with van der Waals surface area (Å²) in [6.45, 7) is 6.50. The van der Waals surface area contributed by atoms with E-state index in [1.807, 2.05) is 30.0 Å². The summed E-state index contributed by atoms with van der Waals surface area (Å²) < 4.78 is 6.05. The van der Waals surface area contributed by atoms with Gasteiger partial charge in [0.25, 0.3) is 5.91 Å². The first kappa shape index (κ1) is 16.5. The molecule has 1 atom stereocenters. The average molecular weight is 338 g/mol. The van der Waals surface area contributed by atoms with Gasteiger partial charge in [-0.1, -0.05) is 18.2 Å².